The predicted molar refractivity (Wildman–Crippen MR) is 224 cm³/mol. The first-order valence-electron chi connectivity index (χ1n) is 20.8. The number of alkyl halides is 3. The lowest BCUT2D eigenvalue weighted by Gasteiger charge is -2.44. The number of pyridine rings is 1. The maximum atomic E-state index is 14.1. The minimum Gasteiger partial charge on any atom is -0.492 e. The first-order valence-corrected chi connectivity index (χ1v) is 21.3. The van der Waals surface area contributed by atoms with Crippen LogP contribution in [-0.2, 0) is 25.4 Å². The fraction of sp³-hybridized carbons (Fsp3) is 0.488. The maximum absolute atomic E-state index is 14.1. The molecule has 2 aliphatic carbocycles. The smallest absolute Gasteiger partial charge is 0.419 e. The number of nitriles is 1. The van der Waals surface area contributed by atoms with Crippen LogP contribution in [0.1, 0.15) is 81.0 Å². The number of piperidine rings is 1. The molecule has 0 radical (unpaired) electrons. The minimum absolute atomic E-state index is 0.0641. The van der Waals surface area contributed by atoms with E-state index in [4.69, 9.17) is 17.4 Å². The van der Waals surface area contributed by atoms with E-state index in [1.807, 2.05) is 29.2 Å². The summed E-state index contributed by atoms with van der Waals surface area (Å²) in [6.07, 6.45) is 1.67. The Labute approximate surface area is 357 Å². The number of rotatable bonds is 13. The van der Waals surface area contributed by atoms with Gasteiger partial charge in [-0.15, -0.1) is 12.6 Å². The number of anilines is 4. The van der Waals surface area contributed by atoms with E-state index in [0.29, 0.717) is 56.3 Å². The fourth-order valence-electron chi connectivity index (χ4n) is 8.93. The van der Waals surface area contributed by atoms with Crippen LogP contribution in [-0.4, -0.2) is 101 Å². The molecule has 5 fully saturated rings. The summed E-state index contributed by atoms with van der Waals surface area (Å²) in [7, 11) is 0. The standard InChI is InChI=1S/C43H48F3N9O5S/c1-2-29-24-52(15-16-53(29)25-38(57)50-28-6-3-5-27(19-28)49-34-10-12-37(56)51-39(34)58)17-18-60-36-11-9-30(20-32(36)26-7-8-26)55-41(61)54(40(59)42(55)13-4-14-42)31-21-33(43(44,45)46)35(22-47)48-23-31/h3,5-6,9,11,19-21,23,26,29,34,41,49,61H,2,4,7-8,10,12-18,24-25H2,1H3,(H,50,57)(H,51,56,58)/t29-,34?,41+/m1/s1. The van der Waals surface area contributed by atoms with Gasteiger partial charge in [0.15, 0.2) is 11.2 Å². The lowest BCUT2D eigenvalue weighted by atomic mass is 9.75. The molecule has 2 saturated carbocycles. The summed E-state index contributed by atoms with van der Waals surface area (Å²) in [6, 6.07) is 15.0. The Morgan fingerprint density at radius 1 is 1.07 bits per heavy atom. The van der Waals surface area contributed by atoms with Gasteiger partial charge in [-0.3, -0.25) is 39.2 Å². The molecule has 3 aliphatic heterocycles. The number of thiol groups is 1. The largest absolute Gasteiger partial charge is 0.492 e. The van der Waals surface area contributed by atoms with Gasteiger partial charge in [0, 0.05) is 55.7 Å². The Morgan fingerprint density at radius 3 is 2.54 bits per heavy atom. The summed E-state index contributed by atoms with van der Waals surface area (Å²) in [5, 5.41) is 17.7. The summed E-state index contributed by atoms with van der Waals surface area (Å²) >= 11 is 4.83. The lowest BCUT2D eigenvalue weighted by Crippen LogP contribution is -2.55. The predicted octanol–water partition coefficient (Wildman–Crippen LogP) is 5.47. The number of nitrogens with one attached hydrogen (secondary N) is 3. The Balaban J connectivity index is 0.873. The van der Waals surface area contributed by atoms with Gasteiger partial charge >= 0.3 is 6.18 Å². The maximum Gasteiger partial charge on any atom is 0.419 e. The molecule has 18 heteroatoms. The number of hydrogen-bond donors (Lipinski definition) is 4. The number of piperazine rings is 1. The molecular weight excluding hydrogens is 812 g/mol. The molecule has 8 rings (SSSR count). The van der Waals surface area contributed by atoms with Crippen molar-refractivity contribution in [2.75, 3.05) is 59.8 Å². The number of benzene rings is 2. The number of carbonyl (C=O) groups excluding carboxylic acids is 4. The number of imide groups is 1. The molecule has 322 valence electrons. The number of amides is 4. The van der Waals surface area contributed by atoms with Crippen molar-refractivity contribution in [3.63, 3.8) is 0 Å². The number of aromatic nitrogens is 1. The average molecular weight is 860 g/mol. The molecule has 61 heavy (non-hydrogen) atoms. The number of halogens is 3. The van der Waals surface area contributed by atoms with Crippen LogP contribution in [0, 0.1) is 11.3 Å². The number of carbonyl (C=O) groups is 4. The van der Waals surface area contributed by atoms with E-state index in [9.17, 15) is 37.6 Å². The third kappa shape index (κ3) is 8.73. The van der Waals surface area contributed by atoms with Crippen molar-refractivity contribution in [2.45, 2.75) is 93.5 Å². The first kappa shape index (κ1) is 42.3. The normalized spacial score (nSPS) is 23.1. The first-order chi connectivity index (χ1) is 29.3. The van der Waals surface area contributed by atoms with Crippen LogP contribution >= 0.6 is 12.6 Å². The van der Waals surface area contributed by atoms with Gasteiger partial charge in [0.1, 0.15) is 30.0 Å². The monoisotopic (exact) mass is 859 g/mol. The molecule has 3 aromatic rings. The quantitative estimate of drug-likeness (QED) is 0.127. The molecule has 2 aromatic carbocycles. The summed E-state index contributed by atoms with van der Waals surface area (Å²) in [5.74, 6) is -0.0672. The van der Waals surface area contributed by atoms with Crippen molar-refractivity contribution in [2.24, 2.45) is 0 Å². The Bertz CT molecular complexity index is 2250. The van der Waals surface area contributed by atoms with Gasteiger partial charge in [-0.2, -0.15) is 18.4 Å². The van der Waals surface area contributed by atoms with Crippen molar-refractivity contribution in [3.8, 4) is 11.8 Å². The highest BCUT2D eigenvalue weighted by molar-refractivity contribution is 7.81. The third-order valence-electron chi connectivity index (χ3n) is 12.5. The molecule has 14 nitrogen and oxygen atoms in total. The summed E-state index contributed by atoms with van der Waals surface area (Å²) < 4.78 is 48.1. The van der Waals surface area contributed by atoms with Crippen LogP contribution < -0.4 is 30.5 Å². The number of hydrogen-bond acceptors (Lipinski definition) is 12. The topological polar surface area (TPSA) is 163 Å². The van der Waals surface area contributed by atoms with E-state index in [2.05, 4.69) is 37.7 Å². The molecule has 5 aliphatic rings. The highest BCUT2D eigenvalue weighted by Gasteiger charge is 2.60. The number of nitrogens with zero attached hydrogens (tertiary/aromatic N) is 6. The molecule has 4 heterocycles. The van der Waals surface area contributed by atoms with E-state index in [1.54, 1.807) is 18.2 Å². The Hall–Kier alpha value is -5.38. The van der Waals surface area contributed by atoms with Crippen molar-refractivity contribution >= 4 is 59.0 Å². The van der Waals surface area contributed by atoms with Crippen LogP contribution in [0.4, 0.5) is 35.9 Å². The molecule has 1 aromatic heterocycles. The third-order valence-corrected chi connectivity index (χ3v) is 12.9. The van der Waals surface area contributed by atoms with E-state index in [0.717, 1.165) is 68.0 Å². The molecule has 4 amide bonds. The van der Waals surface area contributed by atoms with Crippen LogP contribution in [0.15, 0.2) is 54.7 Å². The van der Waals surface area contributed by atoms with E-state index >= 15 is 0 Å². The Kier molecular flexibility index (Phi) is 11.9. The van der Waals surface area contributed by atoms with Crippen LogP contribution in [0.5, 0.6) is 5.75 Å². The highest BCUT2D eigenvalue weighted by atomic mass is 32.1. The molecule has 0 bridgehead atoms. The lowest BCUT2D eigenvalue weighted by molar-refractivity contribution is -0.138. The second-order valence-corrected chi connectivity index (χ2v) is 16.9. The van der Waals surface area contributed by atoms with E-state index in [1.165, 1.54) is 11.0 Å². The highest BCUT2D eigenvalue weighted by Crippen LogP contribution is 2.52. The molecule has 1 spiro atoms. The van der Waals surface area contributed by atoms with Crippen LogP contribution in [0.25, 0.3) is 0 Å². The summed E-state index contributed by atoms with van der Waals surface area (Å²) in [5.41, 5.74) is -0.830. The second-order valence-electron chi connectivity index (χ2n) is 16.4. The zero-order valence-corrected chi connectivity index (χ0v) is 34.6. The Morgan fingerprint density at radius 2 is 1.85 bits per heavy atom. The SMILES string of the molecule is CC[C@@H]1CN(CCOc2ccc(N3[C@@H](S)N(c4cnc(C#N)c(C(F)(F)F)c4)C(=O)C34CCC4)cc2C2CC2)CCN1CC(=O)Nc1cccc(NC2CCC(=O)NC2=O)c1. The van der Waals surface area contributed by atoms with E-state index < -0.39 is 34.5 Å². The zero-order valence-electron chi connectivity index (χ0n) is 33.7. The summed E-state index contributed by atoms with van der Waals surface area (Å²) in [4.78, 5) is 62.4. The summed E-state index contributed by atoms with van der Waals surface area (Å²) in [6.45, 7) is 5.72. The van der Waals surface area contributed by atoms with Gasteiger partial charge < -0.3 is 20.3 Å². The van der Waals surface area contributed by atoms with Crippen molar-refractivity contribution in [3.05, 3.63) is 71.5 Å². The fourth-order valence-corrected chi connectivity index (χ4v) is 9.52. The van der Waals surface area contributed by atoms with Gasteiger partial charge in [0.25, 0.3) is 5.91 Å². The van der Waals surface area contributed by atoms with Gasteiger partial charge in [0.2, 0.25) is 17.7 Å². The van der Waals surface area contributed by atoms with Crippen molar-refractivity contribution < 1.29 is 37.1 Å². The second kappa shape index (κ2) is 17.2. The van der Waals surface area contributed by atoms with Crippen molar-refractivity contribution in [1.82, 2.24) is 20.1 Å². The van der Waals surface area contributed by atoms with Gasteiger partial charge in [0.05, 0.1) is 24.0 Å². The average Bonchev–Trinajstić information content (AvgIpc) is 4.03. The van der Waals surface area contributed by atoms with Crippen LogP contribution in [0.3, 0.4) is 0 Å². The van der Waals surface area contributed by atoms with Gasteiger partial charge in [-0.25, -0.2) is 4.98 Å². The van der Waals surface area contributed by atoms with Crippen LogP contribution in [0.2, 0.25) is 0 Å². The van der Waals surface area contributed by atoms with Gasteiger partial charge in [-0.05, 0) is 98.9 Å². The van der Waals surface area contributed by atoms with Crippen molar-refractivity contribution in [1.29, 1.82) is 5.26 Å². The minimum atomic E-state index is -4.83. The van der Waals surface area contributed by atoms with Gasteiger partial charge in [-0.1, -0.05) is 13.0 Å². The zero-order chi connectivity index (χ0) is 43.1. The molecule has 3 N–H and O–H groups in total. The van der Waals surface area contributed by atoms with E-state index in [-0.39, 0.29) is 48.3 Å². The molecule has 3 saturated heterocycles. The molecule has 3 atom stereocenters. The molecular formula is C43H48F3N9O5S. The molecule has 1 unspecified atom stereocenters. The number of ether oxygens (including phenoxy) is 1.